The van der Waals surface area contributed by atoms with E-state index in [1.165, 1.54) is 0 Å². The van der Waals surface area contributed by atoms with Crippen LogP contribution in [-0.2, 0) is 24.3 Å². The van der Waals surface area contributed by atoms with Gasteiger partial charge in [0.2, 0.25) is 5.91 Å². The molecule has 4 rings (SSSR count). The Kier molecular flexibility index (Phi) is 5.78. The zero-order valence-corrected chi connectivity index (χ0v) is 16.8. The van der Waals surface area contributed by atoms with Crippen molar-refractivity contribution in [2.45, 2.75) is 58.2 Å². The molecule has 2 amide bonds. The quantitative estimate of drug-likeness (QED) is 0.805. The maximum absolute atomic E-state index is 13.1. The molecule has 0 radical (unpaired) electrons. The minimum absolute atomic E-state index is 0.141. The average Bonchev–Trinajstić information content (AvgIpc) is 3.40. The number of para-hydroxylation sites is 1. The van der Waals surface area contributed by atoms with Gasteiger partial charge in [0.1, 0.15) is 17.6 Å². The zero-order chi connectivity index (χ0) is 20.2. The smallest absolute Gasteiger partial charge is 0.258 e. The highest BCUT2D eigenvalue weighted by Crippen LogP contribution is 2.25. The topological polar surface area (TPSA) is 89.3 Å². The Morgan fingerprint density at radius 1 is 1.17 bits per heavy atom. The van der Waals surface area contributed by atoms with Gasteiger partial charge in [0.05, 0.1) is 18.7 Å². The number of aryl methyl sites for hydroxylation is 1. The summed E-state index contributed by atoms with van der Waals surface area (Å²) in [5, 5.41) is 11.4. The molecule has 1 saturated heterocycles. The van der Waals surface area contributed by atoms with Gasteiger partial charge in [0, 0.05) is 19.5 Å². The normalized spacial score (nSPS) is 18.4. The molecule has 1 aromatic heterocycles. The van der Waals surface area contributed by atoms with Gasteiger partial charge in [-0.25, -0.2) is 0 Å². The van der Waals surface area contributed by atoms with E-state index in [9.17, 15) is 9.59 Å². The molecule has 1 aromatic carbocycles. The summed E-state index contributed by atoms with van der Waals surface area (Å²) >= 11 is 0. The average molecular weight is 397 g/mol. The van der Waals surface area contributed by atoms with E-state index in [4.69, 9.17) is 4.74 Å². The van der Waals surface area contributed by atoms with Gasteiger partial charge in [-0.1, -0.05) is 12.1 Å². The highest BCUT2D eigenvalue weighted by atomic mass is 16.5. The number of rotatable bonds is 6. The minimum atomic E-state index is -0.471. The van der Waals surface area contributed by atoms with Crippen LogP contribution in [0.1, 0.15) is 54.6 Å². The number of ether oxygens (including phenoxy) is 1. The van der Waals surface area contributed by atoms with Crippen LogP contribution >= 0.6 is 0 Å². The van der Waals surface area contributed by atoms with Crippen molar-refractivity contribution in [1.29, 1.82) is 0 Å². The first-order valence-corrected chi connectivity index (χ1v) is 10.4. The van der Waals surface area contributed by atoms with Crippen LogP contribution in [0.4, 0.5) is 0 Å². The Bertz CT molecular complexity index is 894. The summed E-state index contributed by atoms with van der Waals surface area (Å²) in [4.78, 5) is 27.7. The predicted molar refractivity (Wildman–Crippen MR) is 106 cm³/mol. The van der Waals surface area contributed by atoms with Crippen molar-refractivity contribution >= 4 is 11.8 Å². The second-order valence-corrected chi connectivity index (χ2v) is 7.44. The lowest BCUT2D eigenvalue weighted by atomic mass is 10.1. The van der Waals surface area contributed by atoms with Crippen molar-refractivity contribution in [3.05, 3.63) is 41.5 Å². The van der Waals surface area contributed by atoms with E-state index in [0.29, 0.717) is 37.4 Å². The lowest BCUT2D eigenvalue weighted by molar-refractivity contribution is -0.125. The summed E-state index contributed by atoms with van der Waals surface area (Å²) in [7, 11) is 0. The van der Waals surface area contributed by atoms with Crippen LogP contribution in [0, 0.1) is 0 Å². The number of carbonyl (C=O) groups is 2. The molecule has 1 fully saturated rings. The summed E-state index contributed by atoms with van der Waals surface area (Å²) in [6.07, 6.45) is 4.64. The van der Waals surface area contributed by atoms with Gasteiger partial charge in [0.25, 0.3) is 5.91 Å². The van der Waals surface area contributed by atoms with Gasteiger partial charge in [-0.3, -0.25) is 9.59 Å². The third-order valence-corrected chi connectivity index (χ3v) is 5.59. The Morgan fingerprint density at radius 2 is 2.03 bits per heavy atom. The molecule has 154 valence electrons. The summed E-state index contributed by atoms with van der Waals surface area (Å²) in [6, 6.07) is 6.73. The number of hydrogen-bond donors (Lipinski definition) is 1. The molecule has 0 aliphatic carbocycles. The van der Waals surface area contributed by atoms with E-state index >= 15 is 0 Å². The summed E-state index contributed by atoms with van der Waals surface area (Å²) in [5.41, 5.74) is 0.501. The second-order valence-electron chi connectivity index (χ2n) is 7.44. The van der Waals surface area contributed by atoms with E-state index in [1.54, 1.807) is 17.0 Å². The summed E-state index contributed by atoms with van der Waals surface area (Å²) in [5.74, 6) is 2.03. The van der Waals surface area contributed by atoms with Gasteiger partial charge in [0.15, 0.2) is 5.82 Å². The standard InChI is InChI=1S/C21H27N5O3/c1-2-29-17-10-4-3-8-15(17)21(28)25-13-7-9-16(25)20(27)22-14-19-24-23-18-11-5-6-12-26(18)19/h3-4,8,10,16H,2,5-7,9,11-14H2,1H3,(H,22,27)/t16-/m0/s1. The van der Waals surface area contributed by atoms with Crippen LogP contribution in [0.25, 0.3) is 0 Å². The van der Waals surface area contributed by atoms with E-state index < -0.39 is 6.04 Å². The van der Waals surface area contributed by atoms with Gasteiger partial charge < -0.3 is 19.5 Å². The van der Waals surface area contributed by atoms with Crippen LogP contribution in [0.5, 0.6) is 5.75 Å². The number of aromatic nitrogens is 3. The third-order valence-electron chi connectivity index (χ3n) is 5.59. The van der Waals surface area contributed by atoms with Crippen LogP contribution in [0.3, 0.4) is 0 Å². The van der Waals surface area contributed by atoms with E-state index in [2.05, 4.69) is 20.1 Å². The van der Waals surface area contributed by atoms with Crippen molar-refractivity contribution < 1.29 is 14.3 Å². The summed E-state index contributed by atoms with van der Waals surface area (Å²) < 4.78 is 7.69. The van der Waals surface area contributed by atoms with Crippen LogP contribution < -0.4 is 10.1 Å². The largest absolute Gasteiger partial charge is 0.493 e. The van der Waals surface area contributed by atoms with Gasteiger partial charge in [-0.15, -0.1) is 10.2 Å². The van der Waals surface area contributed by atoms with Gasteiger partial charge in [-0.05, 0) is 44.7 Å². The monoisotopic (exact) mass is 397 g/mol. The van der Waals surface area contributed by atoms with E-state index in [0.717, 1.165) is 43.9 Å². The van der Waals surface area contributed by atoms with Crippen LogP contribution in [0.15, 0.2) is 24.3 Å². The Morgan fingerprint density at radius 3 is 2.90 bits per heavy atom. The maximum atomic E-state index is 13.1. The third kappa shape index (κ3) is 3.97. The van der Waals surface area contributed by atoms with Crippen molar-refractivity contribution in [2.24, 2.45) is 0 Å². The molecule has 3 heterocycles. The molecule has 2 aliphatic rings. The molecule has 0 bridgehead atoms. The van der Waals surface area contributed by atoms with Gasteiger partial charge >= 0.3 is 0 Å². The second kappa shape index (κ2) is 8.63. The maximum Gasteiger partial charge on any atom is 0.258 e. The Hall–Kier alpha value is -2.90. The number of fused-ring (bicyclic) bond motifs is 1. The lowest BCUT2D eigenvalue weighted by Crippen LogP contribution is -2.46. The van der Waals surface area contributed by atoms with E-state index in [-0.39, 0.29) is 11.8 Å². The first-order chi connectivity index (χ1) is 14.2. The Balaban J connectivity index is 1.43. The first-order valence-electron chi connectivity index (χ1n) is 10.4. The van der Waals surface area contributed by atoms with E-state index in [1.807, 2.05) is 19.1 Å². The van der Waals surface area contributed by atoms with Crippen LogP contribution in [0.2, 0.25) is 0 Å². The molecule has 1 atom stereocenters. The molecule has 2 aromatic rings. The number of nitrogens with zero attached hydrogens (tertiary/aromatic N) is 4. The highest BCUT2D eigenvalue weighted by molar-refractivity contribution is 6.00. The molecule has 8 heteroatoms. The van der Waals surface area contributed by atoms with Crippen LogP contribution in [-0.4, -0.2) is 50.7 Å². The Labute approximate surface area is 170 Å². The molecule has 0 saturated carbocycles. The number of benzene rings is 1. The molecule has 2 aliphatic heterocycles. The first kappa shape index (κ1) is 19.4. The molecule has 0 unspecified atom stereocenters. The molecule has 8 nitrogen and oxygen atoms in total. The molecule has 29 heavy (non-hydrogen) atoms. The highest BCUT2D eigenvalue weighted by Gasteiger charge is 2.35. The number of carbonyl (C=O) groups excluding carboxylic acids is 2. The molecular weight excluding hydrogens is 370 g/mol. The number of amides is 2. The fourth-order valence-electron chi connectivity index (χ4n) is 4.15. The fraction of sp³-hybridized carbons (Fsp3) is 0.524. The van der Waals surface area contributed by atoms with Crippen molar-refractivity contribution in [2.75, 3.05) is 13.2 Å². The minimum Gasteiger partial charge on any atom is -0.493 e. The van der Waals surface area contributed by atoms with Crippen molar-refractivity contribution in [3.63, 3.8) is 0 Å². The van der Waals surface area contributed by atoms with Crippen molar-refractivity contribution in [3.8, 4) is 5.75 Å². The number of hydrogen-bond acceptors (Lipinski definition) is 5. The summed E-state index contributed by atoms with van der Waals surface area (Å²) in [6.45, 7) is 4.17. The fourth-order valence-corrected chi connectivity index (χ4v) is 4.15. The molecule has 1 N–H and O–H groups in total. The molecule has 0 spiro atoms. The molecular formula is C21H27N5O3. The lowest BCUT2D eigenvalue weighted by Gasteiger charge is -2.25. The van der Waals surface area contributed by atoms with Crippen molar-refractivity contribution in [1.82, 2.24) is 25.0 Å². The number of nitrogens with one attached hydrogen (secondary N) is 1. The number of likely N-dealkylation sites (tertiary alicyclic amines) is 1. The SMILES string of the molecule is CCOc1ccccc1C(=O)N1CCC[C@H]1C(=O)NCc1nnc2n1CCCC2. The van der Waals surface area contributed by atoms with Gasteiger partial charge in [-0.2, -0.15) is 0 Å². The zero-order valence-electron chi connectivity index (χ0n) is 16.8. The predicted octanol–water partition coefficient (Wildman–Crippen LogP) is 1.93.